The SMILES string of the molecule is COCC(C)(N)C(=O)NO. The van der Waals surface area contributed by atoms with Crippen LogP contribution in [0.25, 0.3) is 0 Å². The standard InChI is InChI=1S/C5H12N2O3/c1-5(6,3-10-2)4(8)7-9/h9H,3,6H2,1-2H3,(H,7,8). The van der Waals surface area contributed by atoms with Crippen LogP contribution in [0.2, 0.25) is 0 Å². The van der Waals surface area contributed by atoms with Gasteiger partial charge in [-0.05, 0) is 6.92 Å². The molecule has 5 nitrogen and oxygen atoms in total. The van der Waals surface area contributed by atoms with Gasteiger partial charge in [-0.3, -0.25) is 10.0 Å². The predicted molar refractivity (Wildman–Crippen MR) is 34.4 cm³/mol. The second-order valence-electron chi connectivity index (χ2n) is 2.29. The molecule has 4 N–H and O–H groups in total. The number of carbonyl (C=O) groups is 1. The van der Waals surface area contributed by atoms with Gasteiger partial charge >= 0.3 is 0 Å². The highest BCUT2D eigenvalue weighted by molar-refractivity contribution is 5.84. The zero-order valence-corrected chi connectivity index (χ0v) is 6.05. The van der Waals surface area contributed by atoms with Crippen molar-refractivity contribution >= 4 is 5.91 Å². The molecule has 0 aliphatic rings. The van der Waals surface area contributed by atoms with Crippen molar-refractivity contribution in [3.8, 4) is 0 Å². The quantitative estimate of drug-likeness (QED) is 0.349. The van der Waals surface area contributed by atoms with Crippen molar-refractivity contribution in [1.29, 1.82) is 0 Å². The molecule has 0 saturated carbocycles. The lowest BCUT2D eigenvalue weighted by atomic mass is 10.1. The second kappa shape index (κ2) is 3.50. The molecule has 0 heterocycles. The minimum atomic E-state index is -1.16. The largest absolute Gasteiger partial charge is 0.382 e. The Labute approximate surface area is 59.1 Å². The van der Waals surface area contributed by atoms with Crippen molar-refractivity contribution in [1.82, 2.24) is 5.48 Å². The van der Waals surface area contributed by atoms with Crippen LogP contribution in [0.1, 0.15) is 6.92 Å². The molecule has 0 aromatic heterocycles. The number of hydrogen-bond acceptors (Lipinski definition) is 4. The fraction of sp³-hybridized carbons (Fsp3) is 0.800. The number of ether oxygens (including phenoxy) is 1. The van der Waals surface area contributed by atoms with Crippen LogP contribution in [0.3, 0.4) is 0 Å². The molecule has 0 spiro atoms. The number of hydroxylamine groups is 1. The Morgan fingerprint density at radius 1 is 1.90 bits per heavy atom. The summed E-state index contributed by atoms with van der Waals surface area (Å²) in [7, 11) is 1.43. The van der Waals surface area contributed by atoms with Gasteiger partial charge in [-0.1, -0.05) is 0 Å². The Morgan fingerprint density at radius 3 is 2.70 bits per heavy atom. The molecule has 1 amide bonds. The summed E-state index contributed by atoms with van der Waals surface area (Å²) in [5, 5.41) is 8.16. The summed E-state index contributed by atoms with van der Waals surface area (Å²) in [5.74, 6) is -0.658. The van der Waals surface area contributed by atoms with E-state index in [1.807, 2.05) is 0 Å². The lowest BCUT2D eigenvalue weighted by Gasteiger charge is -2.19. The Bertz CT molecular complexity index is 124. The van der Waals surface area contributed by atoms with E-state index in [4.69, 9.17) is 10.9 Å². The average molecular weight is 148 g/mol. The van der Waals surface area contributed by atoms with Crippen LogP contribution in [-0.2, 0) is 9.53 Å². The fourth-order valence-electron chi connectivity index (χ4n) is 0.493. The number of amides is 1. The minimum absolute atomic E-state index is 0.0688. The molecule has 10 heavy (non-hydrogen) atoms. The maximum absolute atomic E-state index is 10.7. The monoisotopic (exact) mass is 148 g/mol. The van der Waals surface area contributed by atoms with Crippen LogP contribution in [0, 0.1) is 0 Å². The Balaban J connectivity index is 3.96. The highest BCUT2D eigenvalue weighted by atomic mass is 16.5. The molecular weight excluding hydrogens is 136 g/mol. The molecule has 0 saturated heterocycles. The van der Waals surface area contributed by atoms with Crippen molar-refractivity contribution in [2.75, 3.05) is 13.7 Å². The average Bonchev–Trinajstić information content (AvgIpc) is 1.86. The number of hydrogen-bond donors (Lipinski definition) is 3. The molecule has 0 aromatic carbocycles. The molecule has 5 heteroatoms. The summed E-state index contributed by atoms with van der Waals surface area (Å²) in [6.07, 6.45) is 0. The smallest absolute Gasteiger partial charge is 0.265 e. The van der Waals surface area contributed by atoms with Crippen molar-refractivity contribution < 1.29 is 14.7 Å². The predicted octanol–water partition coefficient (Wildman–Crippen LogP) is -1.14. The van der Waals surface area contributed by atoms with E-state index in [2.05, 4.69) is 4.74 Å². The summed E-state index contributed by atoms with van der Waals surface area (Å²) in [4.78, 5) is 10.7. The van der Waals surface area contributed by atoms with Gasteiger partial charge in [-0.25, -0.2) is 5.48 Å². The van der Waals surface area contributed by atoms with Crippen molar-refractivity contribution in [3.63, 3.8) is 0 Å². The van der Waals surface area contributed by atoms with E-state index in [0.29, 0.717) is 0 Å². The lowest BCUT2D eigenvalue weighted by Crippen LogP contribution is -2.53. The van der Waals surface area contributed by atoms with E-state index in [-0.39, 0.29) is 6.61 Å². The number of nitrogens with two attached hydrogens (primary N) is 1. The van der Waals surface area contributed by atoms with Gasteiger partial charge in [0, 0.05) is 7.11 Å². The molecular formula is C5H12N2O3. The molecule has 1 unspecified atom stereocenters. The van der Waals surface area contributed by atoms with E-state index in [9.17, 15) is 4.79 Å². The molecule has 0 aliphatic heterocycles. The van der Waals surface area contributed by atoms with Gasteiger partial charge < -0.3 is 10.5 Å². The van der Waals surface area contributed by atoms with Crippen LogP contribution < -0.4 is 11.2 Å². The number of nitrogens with one attached hydrogen (secondary N) is 1. The Morgan fingerprint density at radius 2 is 2.40 bits per heavy atom. The number of carbonyl (C=O) groups excluding carboxylic acids is 1. The molecule has 0 aliphatic carbocycles. The first-order valence-electron chi connectivity index (χ1n) is 2.77. The zero-order valence-electron chi connectivity index (χ0n) is 6.05. The molecule has 0 fully saturated rings. The highest BCUT2D eigenvalue weighted by Crippen LogP contribution is 1.97. The van der Waals surface area contributed by atoms with Crippen LogP contribution in [0.4, 0.5) is 0 Å². The van der Waals surface area contributed by atoms with Gasteiger partial charge in [0.1, 0.15) is 5.54 Å². The zero-order chi connectivity index (χ0) is 8.20. The summed E-state index contributed by atoms with van der Waals surface area (Å²) in [6, 6.07) is 0. The van der Waals surface area contributed by atoms with E-state index in [1.54, 1.807) is 0 Å². The summed E-state index contributed by atoms with van der Waals surface area (Å²) >= 11 is 0. The number of rotatable bonds is 3. The molecule has 0 rings (SSSR count). The van der Waals surface area contributed by atoms with Gasteiger partial charge in [0.05, 0.1) is 6.61 Å². The normalized spacial score (nSPS) is 16.0. The van der Waals surface area contributed by atoms with Crippen LogP contribution >= 0.6 is 0 Å². The highest BCUT2D eigenvalue weighted by Gasteiger charge is 2.27. The lowest BCUT2D eigenvalue weighted by molar-refractivity contribution is -0.136. The second-order valence-corrected chi connectivity index (χ2v) is 2.29. The Kier molecular flexibility index (Phi) is 3.27. The molecule has 0 bridgehead atoms. The summed E-state index contributed by atoms with van der Waals surface area (Å²) < 4.78 is 4.63. The van der Waals surface area contributed by atoms with Crippen LogP contribution in [0.5, 0.6) is 0 Å². The first kappa shape index (κ1) is 9.35. The van der Waals surface area contributed by atoms with E-state index in [1.165, 1.54) is 19.5 Å². The van der Waals surface area contributed by atoms with Gasteiger partial charge in [0.15, 0.2) is 0 Å². The minimum Gasteiger partial charge on any atom is -0.382 e. The Hall–Kier alpha value is -0.650. The summed E-state index contributed by atoms with van der Waals surface area (Å²) in [6.45, 7) is 1.53. The maximum Gasteiger partial charge on any atom is 0.265 e. The molecule has 0 aromatic rings. The molecule has 60 valence electrons. The molecule has 1 atom stereocenters. The number of methoxy groups -OCH3 is 1. The van der Waals surface area contributed by atoms with Crippen molar-refractivity contribution in [2.24, 2.45) is 5.73 Å². The maximum atomic E-state index is 10.7. The van der Waals surface area contributed by atoms with Gasteiger partial charge in [0.2, 0.25) is 0 Å². The summed E-state index contributed by atoms with van der Waals surface area (Å²) in [5.41, 5.74) is 5.67. The van der Waals surface area contributed by atoms with E-state index < -0.39 is 11.4 Å². The van der Waals surface area contributed by atoms with E-state index in [0.717, 1.165) is 0 Å². The molecule has 0 radical (unpaired) electrons. The van der Waals surface area contributed by atoms with Gasteiger partial charge in [-0.15, -0.1) is 0 Å². The fourth-order valence-corrected chi connectivity index (χ4v) is 0.493. The third-order valence-electron chi connectivity index (χ3n) is 1.06. The van der Waals surface area contributed by atoms with Gasteiger partial charge in [-0.2, -0.15) is 0 Å². The van der Waals surface area contributed by atoms with Gasteiger partial charge in [0.25, 0.3) is 5.91 Å². The van der Waals surface area contributed by atoms with Crippen LogP contribution in [-0.4, -0.2) is 30.4 Å². The first-order valence-corrected chi connectivity index (χ1v) is 2.77. The third kappa shape index (κ3) is 2.30. The van der Waals surface area contributed by atoms with E-state index >= 15 is 0 Å². The van der Waals surface area contributed by atoms with Crippen molar-refractivity contribution in [2.45, 2.75) is 12.5 Å². The topological polar surface area (TPSA) is 84.6 Å². The van der Waals surface area contributed by atoms with Crippen LogP contribution in [0.15, 0.2) is 0 Å². The first-order chi connectivity index (χ1) is 4.54. The van der Waals surface area contributed by atoms with Crippen molar-refractivity contribution in [3.05, 3.63) is 0 Å². The third-order valence-corrected chi connectivity index (χ3v) is 1.06.